The van der Waals surface area contributed by atoms with Gasteiger partial charge in [0.25, 0.3) is 0 Å². The molecule has 2 bridgehead atoms. The van der Waals surface area contributed by atoms with E-state index in [1.165, 1.54) is 51.6 Å². The van der Waals surface area contributed by atoms with Crippen molar-refractivity contribution in [3.63, 3.8) is 0 Å². The van der Waals surface area contributed by atoms with E-state index in [1.807, 2.05) is 24.3 Å². The zero-order valence-electron chi connectivity index (χ0n) is 15.7. The fourth-order valence-corrected chi connectivity index (χ4v) is 6.38. The predicted molar refractivity (Wildman–Crippen MR) is 116 cm³/mol. The van der Waals surface area contributed by atoms with Crippen LogP contribution < -0.4 is 5.32 Å². The zero-order valence-corrected chi connectivity index (χ0v) is 17.3. The van der Waals surface area contributed by atoms with Gasteiger partial charge in [-0.15, -0.1) is 0 Å². The van der Waals surface area contributed by atoms with Crippen molar-refractivity contribution in [1.82, 2.24) is 9.80 Å². The Kier molecular flexibility index (Phi) is 4.91. The standard InChI is InChI=1S/C22H28ClN3S/c23-18-6-8-19(9-7-18)24-22(27)26-11-3-4-15-12-16-13-17(21(15)26)14-25-10-2-1-5-20(16)25/h6-9,12,16-17,20-21H,1-5,10-11,13-14H2,(H,24,27)/t16-,17-,20-,21-/m1/s1. The number of piperidine rings is 3. The molecule has 0 aromatic heterocycles. The van der Waals surface area contributed by atoms with Gasteiger partial charge < -0.3 is 10.2 Å². The smallest absolute Gasteiger partial charge is 0.173 e. The van der Waals surface area contributed by atoms with E-state index in [9.17, 15) is 0 Å². The second-order valence-electron chi connectivity index (χ2n) is 8.64. The molecule has 0 saturated carbocycles. The lowest BCUT2D eigenvalue weighted by Crippen LogP contribution is -2.60. The maximum absolute atomic E-state index is 6.02. The highest BCUT2D eigenvalue weighted by Gasteiger charge is 2.46. The first-order valence-corrected chi connectivity index (χ1v) is 11.3. The Bertz CT molecular complexity index is 746. The zero-order chi connectivity index (χ0) is 18.4. The van der Waals surface area contributed by atoms with Crippen LogP contribution in [0.4, 0.5) is 5.69 Å². The highest BCUT2D eigenvalue weighted by Crippen LogP contribution is 2.45. The lowest BCUT2D eigenvalue weighted by atomic mass is 9.68. The molecule has 1 N–H and O–H groups in total. The van der Waals surface area contributed by atoms with Crippen LogP contribution in [0.3, 0.4) is 0 Å². The minimum absolute atomic E-state index is 0.491. The lowest BCUT2D eigenvalue weighted by molar-refractivity contribution is 0.0132. The van der Waals surface area contributed by atoms with Crippen LogP contribution in [0.25, 0.3) is 0 Å². The maximum Gasteiger partial charge on any atom is 0.173 e. The number of rotatable bonds is 1. The molecule has 3 fully saturated rings. The molecule has 5 heteroatoms. The van der Waals surface area contributed by atoms with Gasteiger partial charge in [0.15, 0.2) is 5.11 Å². The molecule has 0 radical (unpaired) electrons. The number of likely N-dealkylation sites (tertiary alicyclic amines) is 1. The number of anilines is 1. The summed E-state index contributed by atoms with van der Waals surface area (Å²) in [6.45, 7) is 3.61. The fourth-order valence-electron chi connectivity index (χ4n) is 5.93. The SMILES string of the molecule is S=C(Nc1ccc(Cl)cc1)N1CCCC2=C[C@@H]3C[C@H](CN4CCCC[C@H]34)[C@@H]21. The molecule has 0 amide bonds. The summed E-state index contributed by atoms with van der Waals surface area (Å²) in [7, 11) is 0. The molecule has 3 nitrogen and oxygen atoms in total. The van der Waals surface area contributed by atoms with Crippen molar-refractivity contribution in [2.24, 2.45) is 11.8 Å². The summed E-state index contributed by atoms with van der Waals surface area (Å²) < 4.78 is 0. The molecule has 1 aromatic carbocycles. The third kappa shape index (κ3) is 3.41. The number of nitrogens with zero attached hydrogens (tertiary/aromatic N) is 2. The van der Waals surface area contributed by atoms with Crippen LogP contribution in [0.15, 0.2) is 35.9 Å². The number of fused-ring (bicyclic) bond motifs is 6. The van der Waals surface area contributed by atoms with Crippen LogP contribution in [-0.4, -0.2) is 46.6 Å². The Hall–Kier alpha value is -1.10. The molecule has 3 heterocycles. The van der Waals surface area contributed by atoms with Crippen LogP contribution in [0.5, 0.6) is 0 Å². The summed E-state index contributed by atoms with van der Waals surface area (Å²) in [4.78, 5) is 5.27. The molecular weight excluding hydrogens is 374 g/mol. The van der Waals surface area contributed by atoms with Gasteiger partial charge in [-0.05, 0) is 87.0 Å². The molecule has 144 valence electrons. The number of thiocarbonyl (C=S) groups is 1. The number of hydrogen-bond donors (Lipinski definition) is 1. The van der Waals surface area contributed by atoms with Crippen LogP contribution in [0.1, 0.15) is 38.5 Å². The molecule has 1 aromatic rings. The van der Waals surface area contributed by atoms with Crippen LogP contribution in [0, 0.1) is 11.8 Å². The quantitative estimate of drug-likeness (QED) is 0.530. The summed E-state index contributed by atoms with van der Waals surface area (Å²) >= 11 is 11.9. The van der Waals surface area contributed by atoms with Crippen LogP contribution >= 0.6 is 23.8 Å². The fraction of sp³-hybridized carbons (Fsp3) is 0.591. The maximum atomic E-state index is 6.02. The first kappa shape index (κ1) is 18.0. The molecule has 27 heavy (non-hydrogen) atoms. The number of hydrogen-bond acceptors (Lipinski definition) is 2. The molecule has 0 unspecified atom stereocenters. The molecule has 3 saturated heterocycles. The first-order chi connectivity index (χ1) is 13.2. The van der Waals surface area contributed by atoms with E-state index in [-0.39, 0.29) is 0 Å². The minimum Gasteiger partial charge on any atom is -0.342 e. The lowest BCUT2D eigenvalue weighted by Gasteiger charge is -2.55. The van der Waals surface area contributed by atoms with Gasteiger partial charge in [0.1, 0.15) is 0 Å². The normalized spacial score (nSPS) is 32.9. The summed E-state index contributed by atoms with van der Waals surface area (Å²) in [5, 5.41) is 5.08. The molecule has 4 atom stereocenters. The van der Waals surface area contributed by atoms with E-state index in [2.05, 4.69) is 21.2 Å². The molecule has 3 aliphatic heterocycles. The molecule has 4 aliphatic rings. The van der Waals surface area contributed by atoms with Crippen molar-refractivity contribution in [1.29, 1.82) is 0 Å². The van der Waals surface area contributed by atoms with Gasteiger partial charge in [0, 0.05) is 29.8 Å². The van der Waals surface area contributed by atoms with E-state index in [4.69, 9.17) is 23.8 Å². The van der Waals surface area contributed by atoms with Gasteiger partial charge in [-0.25, -0.2) is 0 Å². The van der Waals surface area contributed by atoms with Crippen molar-refractivity contribution in [3.8, 4) is 0 Å². The first-order valence-electron chi connectivity index (χ1n) is 10.5. The topological polar surface area (TPSA) is 18.5 Å². The Morgan fingerprint density at radius 3 is 2.81 bits per heavy atom. The van der Waals surface area contributed by atoms with Crippen LogP contribution in [0.2, 0.25) is 5.02 Å². The number of nitrogens with one attached hydrogen (secondary N) is 1. The highest BCUT2D eigenvalue weighted by molar-refractivity contribution is 7.80. The van der Waals surface area contributed by atoms with Crippen molar-refractivity contribution < 1.29 is 0 Å². The van der Waals surface area contributed by atoms with Gasteiger partial charge >= 0.3 is 0 Å². The Morgan fingerprint density at radius 2 is 1.96 bits per heavy atom. The number of benzene rings is 1. The van der Waals surface area contributed by atoms with Gasteiger partial charge in [-0.1, -0.05) is 29.7 Å². The second-order valence-corrected chi connectivity index (χ2v) is 9.46. The average molecular weight is 402 g/mol. The van der Waals surface area contributed by atoms with Crippen molar-refractivity contribution in [2.45, 2.75) is 50.6 Å². The van der Waals surface area contributed by atoms with Crippen molar-refractivity contribution in [2.75, 3.05) is 25.0 Å². The van der Waals surface area contributed by atoms with E-state index < -0.39 is 0 Å². The molecule has 5 rings (SSSR count). The van der Waals surface area contributed by atoms with Crippen molar-refractivity contribution >= 4 is 34.6 Å². The summed E-state index contributed by atoms with van der Waals surface area (Å²) in [6, 6.07) is 9.13. The monoisotopic (exact) mass is 401 g/mol. The Balaban J connectivity index is 1.38. The van der Waals surface area contributed by atoms with E-state index >= 15 is 0 Å². The largest absolute Gasteiger partial charge is 0.342 e. The van der Waals surface area contributed by atoms with Gasteiger partial charge in [0.05, 0.1) is 6.04 Å². The van der Waals surface area contributed by atoms with Crippen LogP contribution in [-0.2, 0) is 0 Å². The van der Waals surface area contributed by atoms with Gasteiger partial charge in [-0.2, -0.15) is 0 Å². The average Bonchev–Trinajstić information content (AvgIpc) is 2.69. The Labute approximate surface area is 172 Å². The summed E-state index contributed by atoms with van der Waals surface area (Å²) in [6.07, 6.45) is 10.6. The summed E-state index contributed by atoms with van der Waals surface area (Å²) in [5.74, 6) is 1.49. The molecule has 1 aliphatic carbocycles. The third-order valence-electron chi connectivity index (χ3n) is 7.01. The second kappa shape index (κ2) is 7.38. The van der Waals surface area contributed by atoms with Gasteiger partial charge in [0.2, 0.25) is 0 Å². The highest BCUT2D eigenvalue weighted by atomic mass is 35.5. The van der Waals surface area contributed by atoms with E-state index in [0.717, 1.165) is 40.2 Å². The van der Waals surface area contributed by atoms with Crippen molar-refractivity contribution in [3.05, 3.63) is 40.9 Å². The van der Waals surface area contributed by atoms with Gasteiger partial charge in [-0.3, -0.25) is 4.90 Å². The summed E-state index contributed by atoms with van der Waals surface area (Å²) in [5.41, 5.74) is 2.68. The molecule has 0 spiro atoms. The molecular formula is C22H28ClN3S. The third-order valence-corrected chi connectivity index (χ3v) is 7.60. The predicted octanol–water partition coefficient (Wildman–Crippen LogP) is 4.93. The Morgan fingerprint density at radius 1 is 1.11 bits per heavy atom. The van der Waals surface area contributed by atoms with E-state index in [0.29, 0.717) is 6.04 Å². The minimum atomic E-state index is 0.491. The van der Waals surface area contributed by atoms with E-state index in [1.54, 1.807) is 5.57 Å². The number of halogens is 1.